The first kappa shape index (κ1) is 23.4. The highest BCUT2D eigenvalue weighted by molar-refractivity contribution is 7.88. The summed E-state index contributed by atoms with van der Waals surface area (Å²) >= 11 is 0. The van der Waals surface area contributed by atoms with E-state index in [0.29, 0.717) is 19.4 Å². The first-order chi connectivity index (χ1) is 13.2. The van der Waals surface area contributed by atoms with E-state index in [1.54, 1.807) is 25.7 Å². The average Bonchev–Trinajstić information content (AvgIpc) is 3.05. The van der Waals surface area contributed by atoms with Crippen LogP contribution in [0.5, 0.6) is 0 Å². The van der Waals surface area contributed by atoms with Gasteiger partial charge in [-0.15, -0.1) is 0 Å². The molecule has 2 aliphatic heterocycles. The first-order valence-corrected chi connectivity index (χ1v) is 11.9. The summed E-state index contributed by atoms with van der Waals surface area (Å²) in [5, 5.41) is 2.65. The maximum atomic E-state index is 13.3. The standard InChI is InChI=1S/C19H33N3O6S/c1-8-12-15-13(22(16(12)23)29(7,26)27)9-10-21(15)17(24)14(11(2)3)20-18(25)28-19(4,5)6/h11-15H,8-10H2,1-7H3,(H,20,25)/t12?,13-,14-,15+/m0/s1. The maximum absolute atomic E-state index is 13.3. The van der Waals surface area contributed by atoms with Crippen LogP contribution in [0.15, 0.2) is 0 Å². The molecule has 1 N–H and O–H groups in total. The third-order valence-corrected chi connectivity index (χ3v) is 6.52. The Hall–Kier alpha value is -1.84. The van der Waals surface area contributed by atoms with Gasteiger partial charge in [0.05, 0.1) is 24.3 Å². The van der Waals surface area contributed by atoms with Gasteiger partial charge in [-0.2, -0.15) is 0 Å². The Morgan fingerprint density at radius 2 is 1.86 bits per heavy atom. The number of likely N-dealkylation sites (tertiary alicyclic amines) is 1. The fraction of sp³-hybridized carbons (Fsp3) is 0.842. The molecule has 0 bridgehead atoms. The number of alkyl carbamates (subject to hydrolysis) is 1. The summed E-state index contributed by atoms with van der Waals surface area (Å²) in [4.78, 5) is 39.9. The smallest absolute Gasteiger partial charge is 0.408 e. The molecule has 3 amide bonds. The molecule has 166 valence electrons. The Morgan fingerprint density at radius 1 is 1.28 bits per heavy atom. The predicted molar refractivity (Wildman–Crippen MR) is 107 cm³/mol. The van der Waals surface area contributed by atoms with Crippen LogP contribution in [-0.2, 0) is 24.3 Å². The molecule has 0 aliphatic carbocycles. The van der Waals surface area contributed by atoms with Crippen LogP contribution in [0, 0.1) is 11.8 Å². The van der Waals surface area contributed by atoms with E-state index >= 15 is 0 Å². The number of rotatable bonds is 5. The van der Waals surface area contributed by atoms with Gasteiger partial charge in [0.2, 0.25) is 21.8 Å². The number of amides is 3. The number of hydrogen-bond donors (Lipinski definition) is 1. The van der Waals surface area contributed by atoms with Crippen molar-refractivity contribution in [1.29, 1.82) is 0 Å². The second kappa shape index (κ2) is 8.12. The number of nitrogens with one attached hydrogen (secondary N) is 1. The molecule has 4 atom stereocenters. The van der Waals surface area contributed by atoms with Crippen molar-refractivity contribution >= 4 is 27.9 Å². The fourth-order valence-electron chi connectivity index (χ4n) is 4.22. The van der Waals surface area contributed by atoms with Gasteiger partial charge in [-0.1, -0.05) is 20.8 Å². The zero-order chi connectivity index (χ0) is 22.3. The monoisotopic (exact) mass is 431 g/mol. The van der Waals surface area contributed by atoms with Crippen molar-refractivity contribution in [2.45, 2.75) is 78.1 Å². The molecule has 2 saturated heterocycles. The molecule has 2 fully saturated rings. The second-order valence-electron chi connectivity index (χ2n) is 9.16. The molecule has 9 nitrogen and oxygen atoms in total. The summed E-state index contributed by atoms with van der Waals surface area (Å²) in [6.07, 6.45) is 1.16. The number of fused-ring (bicyclic) bond motifs is 1. The van der Waals surface area contributed by atoms with Crippen LogP contribution >= 0.6 is 0 Å². The first-order valence-electron chi connectivity index (χ1n) is 10.0. The Kier molecular flexibility index (Phi) is 6.56. The fourth-order valence-corrected chi connectivity index (χ4v) is 5.41. The van der Waals surface area contributed by atoms with Gasteiger partial charge in [-0.25, -0.2) is 17.5 Å². The third-order valence-electron chi connectivity index (χ3n) is 5.35. The lowest BCUT2D eigenvalue weighted by Crippen LogP contribution is -2.54. The van der Waals surface area contributed by atoms with E-state index in [1.807, 2.05) is 20.8 Å². The number of carbonyl (C=O) groups is 3. The summed E-state index contributed by atoms with van der Waals surface area (Å²) < 4.78 is 30.6. The van der Waals surface area contributed by atoms with Crippen LogP contribution in [0.4, 0.5) is 4.79 Å². The molecular formula is C19H33N3O6S. The van der Waals surface area contributed by atoms with Crippen molar-refractivity contribution in [2.24, 2.45) is 11.8 Å². The summed E-state index contributed by atoms with van der Waals surface area (Å²) in [7, 11) is -3.72. The van der Waals surface area contributed by atoms with Crippen LogP contribution in [0.25, 0.3) is 0 Å². The molecule has 2 aliphatic rings. The zero-order valence-electron chi connectivity index (χ0n) is 18.3. The van der Waals surface area contributed by atoms with Crippen LogP contribution in [-0.4, -0.2) is 72.1 Å². The highest BCUT2D eigenvalue weighted by Gasteiger charge is 2.57. The van der Waals surface area contributed by atoms with E-state index in [9.17, 15) is 22.8 Å². The Labute approximate surface area is 173 Å². The molecule has 29 heavy (non-hydrogen) atoms. The molecule has 0 spiro atoms. The molecule has 1 unspecified atom stereocenters. The normalized spacial score (nSPS) is 25.9. The molecule has 2 rings (SSSR count). The van der Waals surface area contributed by atoms with Crippen molar-refractivity contribution in [2.75, 3.05) is 12.8 Å². The number of carbonyl (C=O) groups excluding carboxylic acids is 3. The number of nitrogens with zero attached hydrogens (tertiary/aromatic N) is 2. The van der Waals surface area contributed by atoms with E-state index in [4.69, 9.17) is 4.74 Å². The van der Waals surface area contributed by atoms with Crippen molar-refractivity contribution in [3.05, 3.63) is 0 Å². The highest BCUT2D eigenvalue weighted by Crippen LogP contribution is 2.39. The quantitative estimate of drug-likeness (QED) is 0.703. The van der Waals surface area contributed by atoms with E-state index < -0.39 is 51.7 Å². The van der Waals surface area contributed by atoms with Crippen LogP contribution in [0.1, 0.15) is 54.4 Å². The van der Waals surface area contributed by atoms with Gasteiger partial charge in [-0.05, 0) is 39.5 Å². The molecule has 2 heterocycles. The maximum Gasteiger partial charge on any atom is 0.408 e. The molecule has 0 aromatic rings. The third kappa shape index (κ3) is 4.84. The summed E-state index contributed by atoms with van der Waals surface area (Å²) in [5.41, 5.74) is -0.700. The van der Waals surface area contributed by atoms with Gasteiger partial charge in [0.25, 0.3) is 0 Å². The Balaban J connectivity index is 2.27. The van der Waals surface area contributed by atoms with Crippen molar-refractivity contribution in [3.63, 3.8) is 0 Å². The largest absolute Gasteiger partial charge is 0.444 e. The lowest BCUT2D eigenvalue weighted by atomic mass is 9.95. The lowest BCUT2D eigenvalue weighted by Gasteiger charge is -2.32. The average molecular weight is 432 g/mol. The highest BCUT2D eigenvalue weighted by atomic mass is 32.2. The van der Waals surface area contributed by atoms with Crippen LogP contribution in [0.3, 0.4) is 0 Å². The van der Waals surface area contributed by atoms with Crippen LogP contribution < -0.4 is 5.32 Å². The van der Waals surface area contributed by atoms with E-state index in [0.717, 1.165) is 10.6 Å². The molecule has 10 heteroatoms. The predicted octanol–water partition coefficient (Wildman–Crippen LogP) is 1.33. The molecular weight excluding hydrogens is 398 g/mol. The topological polar surface area (TPSA) is 113 Å². The number of ether oxygens (including phenoxy) is 1. The summed E-state index contributed by atoms with van der Waals surface area (Å²) in [6, 6.07) is -1.90. The molecule has 0 radical (unpaired) electrons. The summed E-state index contributed by atoms with van der Waals surface area (Å²) in [6.45, 7) is 11.0. The molecule has 0 aromatic carbocycles. The molecule has 0 aromatic heterocycles. The van der Waals surface area contributed by atoms with E-state index in [2.05, 4.69) is 5.32 Å². The Morgan fingerprint density at radius 3 is 2.31 bits per heavy atom. The van der Waals surface area contributed by atoms with Gasteiger partial charge in [0.15, 0.2) is 0 Å². The van der Waals surface area contributed by atoms with Crippen molar-refractivity contribution in [3.8, 4) is 0 Å². The lowest BCUT2D eigenvalue weighted by molar-refractivity contribution is -0.137. The van der Waals surface area contributed by atoms with E-state index in [-0.39, 0.29) is 11.8 Å². The minimum atomic E-state index is -3.72. The van der Waals surface area contributed by atoms with Crippen molar-refractivity contribution < 1.29 is 27.5 Å². The van der Waals surface area contributed by atoms with Gasteiger partial charge in [-0.3, -0.25) is 9.59 Å². The van der Waals surface area contributed by atoms with Gasteiger partial charge < -0.3 is 15.0 Å². The zero-order valence-corrected chi connectivity index (χ0v) is 19.1. The van der Waals surface area contributed by atoms with E-state index in [1.165, 1.54) is 0 Å². The Bertz CT molecular complexity index is 773. The summed E-state index contributed by atoms with van der Waals surface area (Å²) in [5.74, 6) is -1.56. The van der Waals surface area contributed by atoms with Crippen LogP contribution in [0.2, 0.25) is 0 Å². The SMILES string of the molecule is CCC1C(=O)N(S(C)(=O)=O)[C@H]2CCN(C(=O)[C@@H](NC(=O)OC(C)(C)C)C(C)C)[C@H]12. The minimum absolute atomic E-state index is 0.211. The second-order valence-corrected chi connectivity index (χ2v) is 11.0. The number of sulfonamides is 1. The van der Waals surface area contributed by atoms with Gasteiger partial charge in [0, 0.05) is 6.54 Å². The molecule has 0 saturated carbocycles. The number of hydrogen-bond acceptors (Lipinski definition) is 6. The van der Waals surface area contributed by atoms with Gasteiger partial charge >= 0.3 is 6.09 Å². The van der Waals surface area contributed by atoms with Crippen molar-refractivity contribution in [1.82, 2.24) is 14.5 Å². The minimum Gasteiger partial charge on any atom is -0.444 e. The van der Waals surface area contributed by atoms with Gasteiger partial charge in [0.1, 0.15) is 11.6 Å².